The molecule has 0 aromatic carbocycles. The minimum Gasteiger partial charge on any atom is -0.395 e. The molecule has 0 saturated heterocycles. The van der Waals surface area contributed by atoms with Crippen LogP contribution >= 0.6 is 11.8 Å². The van der Waals surface area contributed by atoms with Crippen LogP contribution in [0.15, 0.2) is 0 Å². The second-order valence-electron chi connectivity index (χ2n) is 3.50. The lowest BCUT2D eigenvalue weighted by atomic mass is 10.2. The molecule has 0 fully saturated rings. The molecule has 0 heterocycles. The van der Waals surface area contributed by atoms with Gasteiger partial charge in [-0.3, -0.25) is 0 Å². The molecule has 3 nitrogen and oxygen atoms in total. The Hall–Kier alpha value is 0.230. The fourth-order valence-corrected chi connectivity index (χ4v) is 1.74. The zero-order valence-corrected chi connectivity index (χ0v) is 9.90. The Morgan fingerprint density at radius 2 is 2.08 bits per heavy atom. The van der Waals surface area contributed by atoms with Crippen LogP contribution in [0.1, 0.15) is 6.92 Å². The zero-order chi connectivity index (χ0) is 10.3. The summed E-state index contributed by atoms with van der Waals surface area (Å²) in [5.41, 5.74) is 0. The lowest BCUT2D eigenvalue weighted by Gasteiger charge is -2.22. The lowest BCUT2D eigenvalue weighted by molar-refractivity contribution is 0.273. The topological polar surface area (TPSA) is 35.5 Å². The number of nitrogens with zero attached hydrogens (tertiary/aromatic N) is 1. The molecule has 0 amide bonds. The van der Waals surface area contributed by atoms with Crippen molar-refractivity contribution < 1.29 is 5.11 Å². The van der Waals surface area contributed by atoms with Crippen LogP contribution in [0.25, 0.3) is 0 Å². The highest BCUT2D eigenvalue weighted by atomic mass is 32.2. The molecule has 2 N–H and O–H groups in total. The molecule has 0 bridgehead atoms. The maximum Gasteiger partial charge on any atom is 0.0564 e. The van der Waals surface area contributed by atoms with E-state index in [1.165, 1.54) is 0 Å². The number of aliphatic hydroxyl groups is 1. The second kappa shape index (κ2) is 7.62. The Morgan fingerprint density at radius 1 is 1.46 bits per heavy atom. The quantitative estimate of drug-likeness (QED) is 0.626. The third kappa shape index (κ3) is 6.32. The molecule has 2 unspecified atom stereocenters. The van der Waals surface area contributed by atoms with Crippen LogP contribution in [-0.2, 0) is 0 Å². The number of rotatable bonds is 7. The van der Waals surface area contributed by atoms with Gasteiger partial charge in [0.15, 0.2) is 0 Å². The minimum absolute atomic E-state index is 0.247. The third-order valence-electron chi connectivity index (χ3n) is 2.07. The first-order valence-corrected chi connectivity index (χ1v) is 5.92. The van der Waals surface area contributed by atoms with Crippen LogP contribution < -0.4 is 5.32 Å². The van der Waals surface area contributed by atoms with Crippen LogP contribution in [0.5, 0.6) is 0 Å². The summed E-state index contributed by atoms with van der Waals surface area (Å²) >= 11 is 1.71. The number of hydrogen-bond donors (Lipinski definition) is 2. The molecule has 0 spiro atoms. The molecule has 80 valence electrons. The summed E-state index contributed by atoms with van der Waals surface area (Å²) in [6.45, 7) is 4.38. The minimum atomic E-state index is 0.247. The number of nitrogens with one attached hydrogen (secondary N) is 1. The molecule has 4 heteroatoms. The van der Waals surface area contributed by atoms with Crippen molar-refractivity contribution in [3.63, 3.8) is 0 Å². The van der Waals surface area contributed by atoms with Crippen LogP contribution in [0.2, 0.25) is 0 Å². The fraction of sp³-hybridized carbons (Fsp3) is 1.00. The Kier molecular flexibility index (Phi) is 7.75. The van der Waals surface area contributed by atoms with Gasteiger partial charge in [-0.25, -0.2) is 0 Å². The predicted molar refractivity (Wildman–Crippen MR) is 60.4 cm³/mol. The highest BCUT2D eigenvalue weighted by Crippen LogP contribution is 2.09. The van der Waals surface area contributed by atoms with Gasteiger partial charge in [0.05, 0.1) is 6.61 Å². The fourth-order valence-electron chi connectivity index (χ4n) is 1.08. The second-order valence-corrected chi connectivity index (χ2v) is 4.58. The van der Waals surface area contributed by atoms with Gasteiger partial charge in [0.1, 0.15) is 0 Å². The molecule has 0 aromatic heterocycles. The number of aliphatic hydroxyl groups excluding tert-OH is 1. The van der Waals surface area contributed by atoms with Crippen molar-refractivity contribution in [2.24, 2.45) is 0 Å². The first-order valence-electron chi connectivity index (χ1n) is 4.63. The van der Waals surface area contributed by atoms with E-state index in [-0.39, 0.29) is 6.61 Å². The summed E-state index contributed by atoms with van der Waals surface area (Å²) in [7, 11) is 4.12. The van der Waals surface area contributed by atoms with E-state index in [2.05, 4.69) is 31.2 Å². The number of thioether (sulfide) groups is 1. The van der Waals surface area contributed by atoms with Crippen molar-refractivity contribution in [3.8, 4) is 0 Å². The van der Waals surface area contributed by atoms with Gasteiger partial charge in [0, 0.05) is 24.4 Å². The van der Waals surface area contributed by atoms with Crippen molar-refractivity contribution in [1.82, 2.24) is 10.2 Å². The van der Waals surface area contributed by atoms with Crippen LogP contribution in [-0.4, -0.2) is 61.3 Å². The van der Waals surface area contributed by atoms with E-state index in [1.54, 1.807) is 11.8 Å². The average Bonchev–Trinajstić information content (AvgIpc) is 2.05. The van der Waals surface area contributed by atoms with E-state index < -0.39 is 0 Å². The molecule has 0 radical (unpaired) electrons. The van der Waals surface area contributed by atoms with Gasteiger partial charge in [-0.2, -0.15) is 11.8 Å². The molecule has 0 aromatic rings. The van der Waals surface area contributed by atoms with E-state index in [1.807, 2.05) is 6.26 Å². The summed E-state index contributed by atoms with van der Waals surface area (Å²) in [5, 5.41) is 12.7. The van der Waals surface area contributed by atoms with E-state index in [9.17, 15) is 0 Å². The summed E-state index contributed by atoms with van der Waals surface area (Å²) in [5.74, 6) is 0. The molecular weight excluding hydrogens is 184 g/mol. The molecule has 0 aliphatic heterocycles. The maximum absolute atomic E-state index is 9.03. The first-order chi connectivity index (χ1) is 6.11. The van der Waals surface area contributed by atoms with E-state index in [0.29, 0.717) is 11.3 Å². The van der Waals surface area contributed by atoms with Gasteiger partial charge in [0.2, 0.25) is 0 Å². The Labute approximate surface area is 85.9 Å². The Balaban J connectivity index is 3.53. The molecule has 13 heavy (non-hydrogen) atoms. The number of hydrogen-bond acceptors (Lipinski definition) is 4. The van der Waals surface area contributed by atoms with Crippen molar-refractivity contribution >= 4 is 11.8 Å². The predicted octanol–water partition coefficient (Wildman–Crippen LogP) is 0.250. The molecule has 0 rings (SSSR count). The van der Waals surface area contributed by atoms with E-state index >= 15 is 0 Å². The third-order valence-corrected chi connectivity index (χ3v) is 3.23. The molecule has 2 atom stereocenters. The standard InChI is InChI=1S/C9H22N2OS/c1-8(9(7-12)13-4)10-5-6-11(2)3/h8-10,12H,5-7H2,1-4H3. The maximum atomic E-state index is 9.03. The summed E-state index contributed by atoms with van der Waals surface area (Å²) < 4.78 is 0. The van der Waals surface area contributed by atoms with Gasteiger partial charge in [-0.05, 0) is 27.3 Å². The number of likely N-dealkylation sites (N-methyl/N-ethyl adjacent to an activating group) is 1. The van der Waals surface area contributed by atoms with Gasteiger partial charge in [-0.15, -0.1) is 0 Å². The monoisotopic (exact) mass is 206 g/mol. The molecule has 0 saturated carbocycles. The summed E-state index contributed by atoms with van der Waals surface area (Å²) in [6.07, 6.45) is 2.03. The molecule has 0 aliphatic carbocycles. The summed E-state index contributed by atoms with van der Waals surface area (Å²) in [4.78, 5) is 2.15. The van der Waals surface area contributed by atoms with Gasteiger partial charge >= 0.3 is 0 Å². The van der Waals surface area contributed by atoms with Crippen molar-refractivity contribution in [2.75, 3.05) is 40.0 Å². The van der Waals surface area contributed by atoms with Gasteiger partial charge in [0.25, 0.3) is 0 Å². The normalized spacial score (nSPS) is 16.2. The highest BCUT2D eigenvalue weighted by Gasteiger charge is 2.13. The Morgan fingerprint density at radius 3 is 2.46 bits per heavy atom. The average molecular weight is 206 g/mol. The van der Waals surface area contributed by atoms with Gasteiger partial charge < -0.3 is 15.3 Å². The van der Waals surface area contributed by atoms with E-state index in [4.69, 9.17) is 5.11 Å². The Bertz CT molecular complexity index is 118. The largest absolute Gasteiger partial charge is 0.395 e. The van der Waals surface area contributed by atoms with Crippen LogP contribution in [0.3, 0.4) is 0 Å². The lowest BCUT2D eigenvalue weighted by Crippen LogP contribution is -2.40. The van der Waals surface area contributed by atoms with Crippen molar-refractivity contribution in [3.05, 3.63) is 0 Å². The van der Waals surface area contributed by atoms with Gasteiger partial charge in [-0.1, -0.05) is 0 Å². The van der Waals surface area contributed by atoms with E-state index in [0.717, 1.165) is 13.1 Å². The smallest absolute Gasteiger partial charge is 0.0564 e. The molecule has 0 aliphatic rings. The van der Waals surface area contributed by atoms with Crippen molar-refractivity contribution in [1.29, 1.82) is 0 Å². The molecular formula is C9H22N2OS. The summed E-state index contributed by atoms with van der Waals surface area (Å²) in [6, 6.07) is 0.375. The highest BCUT2D eigenvalue weighted by molar-refractivity contribution is 7.99. The SMILES string of the molecule is CSC(CO)C(C)NCCN(C)C. The first kappa shape index (κ1) is 13.2. The van der Waals surface area contributed by atoms with Crippen molar-refractivity contribution in [2.45, 2.75) is 18.2 Å². The van der Waals surface area contributed by atoms with Crippen LogP contribution in [0, 0.1) is 0 Å². The zero-order valence-electron chi connectivity index (χ0n) is 9.08. The van der Waals surface area contributed by atoms with Crippen LogP contribution in [0.4, 0.5) is 0 Å².